The van der Waals surface area contributed by atoms with Crippen LogP contribution < -0.4 is 0 Å². The van der Waals surface area contributed by atoms with E-state index in [1.165, 1.54) is 5.06 Å². The molecular weight excluding hydrogens is 250 g/mol. The first-order chi connectivity index (χ1) is 9.77. The van der Waals surface area contributed by atoms with E-state index in [0.717, 1.165) is 17.5 Å². The highest BCUT2D eigenvalue weighted by Gasteiger charge is 2.32. The normalized spacial score (nSPS) is 18.2. The molecule has 3 nitrogen and oxygen atoms in total. The topological polar surface area (TPSA) is 29.5 Å². The van der Waals surface area contributed by atoms with Crippen molar-refractivity contribution in [3.63, 3.8) is 0 Å². The Labute approximate surface area is 118 Å². The van der Waals surface area contributed by atoms with Gasteiger partial charge in [0.2, 0.25) is 0 Å². The van der Waals surface area contributed by atoms with Gasteiger partial charge in [0.1, 0.15) is 0 Å². The van der Waals surface area contributed by atoms with Crippen molar-refractivity contribution in [2.24, 2.45) is 0 Å². The molecule has 2 aromatic carbocycles. The van der Waals surface area contributed by atoms with Gasteiger partial charge < -0.3 is 0 Å². The average molecular weight is 267 g/mol. The van der Waals surface area contributed by atoms with E-state index in [1.54, 1.807) is 0 Å². The number of hydroxylamine groups is 2. The van der Waals surface area contributed by atoms with Gasteiger partial charge in [-0.1, -0.05) is 48.5 Å². The number of carbonyl (C=O) groups excluding carboxylic acids is 1. The monoisotopic (exact) mass is 267 g/mol. The lowest BCUT2D eigenvalue weighted by atomic mass is 10.0. The molecule has 102 valence electrons. The quantitative estimate of drug-likeness (QED) is 0.833. The Morgan fingerprint density at radius 3 is 2.55 bits per heavy atom. The largest absolute Gasteiger partial charge is 0.278 e. The highest BCUT2D eigenvalue weighted by Crippen LogP contribution is 2.31. The standard InChI is InChI=1S/C17H17NO2/c1-13-7-5-6-10-15(13)17(19)18-16(11-12-20-18)14-8-3-2-4-9-14/h2-10,16H,11-12H2,1H3. The van der Waals surface area contributed by atoms with E-state index >= 15 is 0 Å². The predicted octanol–water partition coefficient (Wildman–Crippen LogP) is 3.51. The third kappa shape index (κ3) is 2.32. The van der Waals surface area contributed by atoms with Crippen LogP contribution in [0.1, 0.15) is 33.9 Å². The summed E-state index contributed by atoms with van der Waals surface area (Å²) in [6.45, 7) is 2.53. The molecule has 1 saturated heterocycles. The van der Waals surface area contributed by atoms with E-state index < -0.39 is 0 Å². The summed E-state index contributed by atoms with van der Waals surface area (Å²) in [7, 11) is 0. The van der Waals surface area contributed by atoms with Gasteiger partial charge in [0.15, 0.2) is 0 Å². The van der Waals surface area contributed by atoms with Crippen molar-refractivity contribution in [3.8, 4) is 0 Å². The number of aryl methyl sites for hydroxylation is 1. The number of rotatable bonds is 2. The van der Waals surface area contributed by atoms with Crippen LogP contribution in [0.15, 0.2) is 54.6 Å². The summed E-state index contributed by atoms with van der Waals surface area (Å²) in [5.41, 5.74) is 2.79. The fraction of sp³-hybridized carbons (Fsp3) is 0.235. The fourth-order valence-electron chi connectivity index (χ4n) is 2.58. The van der Waals surface area contributed by atoms with Crippen molar-refractivity contribution in [1.82, 2.24) is 5.06 Å². The maximum atomic E-state index is 12.7. The Morgan fingerprint density at radius 1 is 1.10 bits per heavy atom. The summed E-state index contributed by atoms with van der Waals surface area (Å²) in [6, 6.07) is 17.7. The molecular formula is C17H17NO2. The minimum absolute atomic E-state index is 0.00306. The molecule has 0 aliphatic carbocycles. The van der Waals surface area contributed by atoms with Gasteiger partial charge in [-0.05, 0) is 24.1 Å². The molecule has 1 atom stereocenters. The third-order valence-electron chi connectivity index (χ3n) is 3.66. The van der Waals surface area contributed by atoms with E-state index in [4.69, 9.17) is 4.84 Å². The van der Waals surface area contributed by atoms with Crippen LogP contribution in [0.2, 0.25) is 0 Å². The van der Waals surface area contributed by atoms with Crippen LogP contribution in [0.5, 0.6) is 0 Å². The van der Waals surface area contributed by atoms with Crippen LogP contribution in [-0.2, 0) is 4.84 Å². The molecule has 3 heteroatoms. The number of hydrogen-bond donors (Lipinski definition) is 0. The zero-order valence-electron chi connectivity index (χ0n) is 11.5. The van der Waals surface area contributed by atoms with Crippen molar-refractivity contribution >= 4 is 5.91 Å². The molecule has 1 heterocycles. The van der Waals surface area contributed by atoms with Crippen molar-refractivity contribution in [2.75, 3.05) is 6.61 Å². The second kappa shape index (κ2) is 5.47. The molecule has 1 aliphatic heterocycles. The summed E-state index contributed by atoms with van der Waals surface area (Å²) >= 11 is 0. The molecule has 0 radical (unpaired) electrons. The first-order valence-electron chi connectivity index (χ1n) is 6.84. The molecule has 1 amide bonds. The summed E-state index contributed by atoms with van der Waals surface area (Å²) in [4.78, 5) is 18.2. The van der Waals surface area contributed by atoms with Gasteiger partial charge in [0, 0.05) is 12.0 Å². The van der Waals surface area contributed by atoms with Crippen molar-refractivity contribution in [1.29, 1.82) is 0 Å². The SMILES string of the molecule is Cc1ccccc1C(=O)N1OCCC1c1ccccc1. The molecule has 20 heavy (non-hydrogen) atoms. The van der Waals surface area contributed by atoms with Gasteiger partial charge >= 0.3 is 0 Å². The minimum Gasteiger partial charge on any atom is -0.270 e. The Hall–Kier alpha value is -2.13. The first kappa shape index (κ1) is 12.9. The third-order valence-corrected chi connectivity index (χ3v) is 3.66. The van der Waals surface area contributed by atoms with E-state index in [9.17, 15) is 4.79 Å². The minimum atomic E-state index is -0.0607. The molecule has 1 unspecified atom stereocenters. The second-order valence-corrected chi connectivity index (χ2v) is 4.99. The van der Waals surface area contributed by atoms with Gasteiger partial charge in [-0.15, -0.1) is 0 Å². The number of carbonyl (C=O) groups is 1. The molecule has 0 aromatic heterocycles. The van der Waals surface area contributed by atoms with Gasteiger partial charge in [0.25, 0.3) is 5.91 Å². The zero-order valence-corrected chi connectivity index (χ0v) is 11.5. The average Bonchev–Trinajstić information content (AvgIpc) is 2.97. The zero-order chi connectivity index (χ0) is 13.9. The highest BCUT2D eigenvalue weighted by atomic mass is 16.7. The molecule has 0 N–H and O–H groups in total. The maximum absolute atomic E-state index is 12.7. The van der Waals surface area contributed by atoms with Crippen molar-refractivity contribution in [2.45, 2.75) is 19.4 Å². The van der Waals surface area contributed by atoms with Crippen LogP contribution in [0.3, 0.4) is 0 Å². The number of benzene rings is 2. The van der Waals surface area contributed by atoms with Gasteiger partial charge in [-0.2, -0.15) is 0 Å². The predicted molar refractivity (Wildman–Crippen MR) is 77.1 cm³/mol. The lowest BCUT2D eigenvalue weighted by molar-refractivity contribution is -0.0965. The number of amides is 1. The van der Waals surface area contributed by atoms with E-state index in [1.807, 2.05) is 61.5 Å². The molecule has 0 bridgehead atoms. The smallest absolute Gasteiger partial charge is 0.270 e. The number of hydrogen-bond acceptors (Lipinski definition) is 2. The van der Waals surface area contributed by atoms with Crippen LogP contribution in [0.25, 0.3) is 0 Å². The molecule has 3 rings (SSSR count). The lowest BCUT2D eigenvalue weighted by Crippen LogP contribution is -2.30. The Kier molecular flexibility index (Phi) is 3.52. The molecule has 0 saturated carbocycles. The molecule has 1 aliphatic rings. The van der Waals surface area contributed by atoms with Gasteiger partial charge in [0.05, 0.1) is 12.6 Å². The lowest BCUT2D eigenvalue weighted by Gasteiger charge is -2.23. The van der Waals surface area contributed by atoms with Crippen LogP contribution in [-0.4, -0.2) is 17.6 Å². The number of nitrogens with zero attached hydrogens (tertiary/aromatic N) is 1. The Bertz CT molecular complexity index is 609. The van der Waals surface area contributed by atoms with Crippen molar-refractivity contribution < 1.29 is 9.63 Å². The Balaban J connectivity index is 1.90. The van der Waals surface area contributed by atoms with E-state index in [0.29, 0.717) is 12.2 Å². The summed E-state index contributed by atoms with van der Waals surface area (Å²) in [6.07, 6.45) is 0.835. The second-order valence-electron chi connectivity index (χ2n) is 4.99. The van der Waals surface area contributed by atoms with Crippen LogP contribution >= 0.6 is 0 Å². The molecule has 0 spiro atoms. The van der Waals surface area contributed by atoms with Crippen LogP contribution in [0.4, 0.5) is 0 Å². The highest BCUT2D eigenvalue weighted by molar-refractivity contribution is 5.95. The molecule has 1 fully saturated rings. The first-order valence-corrected chi connectivity index (χ1v) is 6.84. The van der Waals surface area contributed by atoms with Gasteiger partial charge in [-0.25, -0.2) is 5.06 Å². The summed E-state index contributed by atoms with van der Waals surface area (Å²) in [5, 5.41) is 1.53. The van der Waals surface area contributed by atoms with Gasteiger partial charge in [-0.3, -0.25) is 9.63 Å². The summed E-state index contributed by atoms with van der Waals surface area (Å²) < 4.78 is 0. The van der Waals surface area contributed by atoms with Crippen LogP contribution in [0, 0.1) is 6.92 Å². The fourth-order valence-corrected chi connectivity index (χ4v) is 2.58. The van der Waals surface area contributed by atoms with E-state index in [2.05, 4.69) is 0 Å². The summed E-state index contributed by atoms with van der Waals surface area (Å²) in [5.74, 6) is -0.0607. The Morgan fingerprint density at radius 2 is 1.80 bits per heavy atom. The van der Waals surface area contributed by atoms with E-state index in [-0.39, 0.29) is 11.9 Å². The molecule has 2 aromatic rings. The van der Waals surface area contributed by atoms with Crippen molar-refractivity contribution in [3.05, 3.63) is 71.3 Å². The maximum Gasteiger partial charge on any atom is 0.278 e.